The van der Waals surface area contributed by atoms with Crippen molar-refractivity contribution in [2.45, 2.75) is 9.79 Å². The average Bonchev–Trinajstić information content (AvgIpc) is 2.50. The zero-order chi connectivity index (χ0) is 14.6. The van der Waals surface area contributed by atoms with Gasteiger partial charge in [-0.1, -0.05) is 36.0 Å². The summed E-state index contributed by atoms with van der Waals surface area (Å²) in [6.07, 6.45) is 0. The Morgan fingerprint density at radius 1 is 0.905 bits per heavy atom. The lowest BCUT2D eigenvalue weighted by molar-refractivity contribution is 0.0699. The Morgan fingerprint density at radius 3 is 2.52 bits per heavy atom. The molecule has 4 rings (SSSR count). The third-order valence-corrected chi connectivity index (χ3v) is 4.92. The van der Waals surface area contributed by atoms with Crippen LogP contribution in [0.1, 0.15) is 10.4 Å². The fourth-order valence-electron chi connectivity index (χ4n) is 2.87. The van der Waals surface area contributed by atoms with Gasteiger partial charge in [0.1, 0.15) is 0 Å². The molecule has 21 heavy (non-hydrogen) atoms. The summed E-state index contributed by atoms with van der Waals surface area (Å²) in [5, 5.41) is 11.0. The first-order valence-corrected chi connectivity index (χ1v) is 7.34. The third kappa shape index (κ3) is 1.66. The monoisotopic (exact) mass is 293 g/mol. The third-order valence-electron chi connectivity index (χ3n) is 3.78. The van der Waals surface area contributed by atoms with Gasteiger partial charge in [-0.2, -0.15) is 0 Å². The zero-order valence-corrected chi connectivity index (χ0v) is 11.8. The van der Waals surface area contributed by atoms with E-state index in [0.29, 0.717) is 11.1 Å². The molecule has 3 nitrogen and oxygen atoms in total. The molecule has 0 fully saturated rings. The van der Waals surface area contributed by atoms with E-state index in [1.54, 1.807) is 23.9 Å². The molecule has 102 valence electrons. The molecular weight excluding hydrogens is 282 g/mol. The Kier molecular flexibility index (Phi) is 2.50. The summed E-state index contributed by atoms with van der Waals surface area (Å²) in [6.45, 7) is 0. The van der Waals surface area contributed by atoms with Crippen LogP contribution in [0.4, 0.5) is 5.69 Å². The first kappa shape index (κ1) is 12.3. The van der Waals surface area contributed by atoms with Gasteiger partial charge >= 0.3 is 5.97 Å². The lowest BCUT2D eigenvalue weighted by Crippen LogP contribution is -2.03. The van der Waals surface area contributed by atoms with Crippen molar-refractivity contribution in [1.29, 1.82) is 0 Å². The van der Waals surface area contributed by atoms with Crippen molar-refractivity contribution < 1.29 is 9.90 Å². The molecule has 1 aliphatic rings. The number of nitrogen functional groups attached to an aromatic ring is 1. The minimum atomic E-state index is -0.950. The van der Waals surface area contributed by atoms with Crippen molar-refractivity contribution in [3.05, 3.63) is 54.1 Å². The average molecular weight is 293 g/mol. The van der Waals surface area contributed by atoms with Crippen LogP contribution in [0.25, 0.3) is 21.9 Å². The maximum absolute atomic E-state index is 11.5. The Hall–Kier alpha value is -2.46. The van der Waals surface area contributed by atoms with E-state index < -0.39 is 5.97 Å². The second-order valence-electron chi connectivity index (χ2n) is 4.97. The number of carboxylic acid groups (broad SMARTS) is 1. The summed E-state index contributed by atoms with van der Waals surface area (Å²) in [5.74, 6) is -0.950. The molecule has 0 unspecified atom stereocenters. The molecule has 0 aliphatic carbocycles. The molecule has 0 atom stereocenters. The van der Waals surface area contributed by atoms with Gasteiger partial charge in [0.05, 0.1) is 5.56 Å². The van der Waals surface area contributed by atoms with Crippen molar-refractivity contribution in [3.63, 3.8) is 0 Å². The van der Waals surface area contributed by atoms with Crippen LogP contribution >= 0.6 is 11.8 Å². The van der Waals surface area contributed by atoms with E-state index in [1.165, 1.54) is 4.90 Å². The highest BCUT2D eigenvalue weighted by Gasteiger charge is 2.22. The van der Waals surface area contributed by atoms with Gasteiger partial charge < -0.3 is 10.8 Å². The number of nitrogens with two attached hydrogens (primary N) is 1. The molecule has 4 heteroatoms. The van der Waals surface area contributed by atoms with E-state index in [-0.39, 0.29) is 5.56 Å². The highest BCUT2D eigenvalue weighted by Crippen LogP contribution is 2.49. The molecule has 0 saturated carbocycles. The number of rotatable bonds is 1. The molecule has 1 aliphatic heterocycles. The number of carboxylic acids is 1. The lowest BCUT2D eigenvalue weighted by atomic mass is 9.93. The molecule has 0 saturated heterocycles. The van der Waals surface area contributed by atoms with Crippen molar-refractivity contribution in [2.75, 3.05) is 5.73 Å². The second-order valence-corrected chi connectivity index (χ2v) is 6.05. The van der Waals surface area contributed by atoms with Gasteiger partial charge in [0.25, 0.3) is 0 Å². The molecule has 3 aromatic rings. The molecule has 0 aromatic heterocycles. The fraction of sp³-hybridized carbons (Fsp3) is 0. The SMILES string of the molecule is Nc1ccc2c3c(ccc(C(=O)O)c13)-c1ccccc1S2. The smallest absolute Gasteiger partial charge is 0.336 e. The van der Waals surface area contributed by atoms with Crippen LogP contribution in [-0.4, -0.2) is 11.1 Å². The van der Waals surface area contributed by atoms with E-state index in [1.807, 2.05) is 24.3 Å². The maximum Gasteiger partial charge on any atom is 0.336 e. The number of hydrogen-bond donors (Lipinski definition) is 2. The minimum Gasteiger partial charge on any atom is -0.478 e. The largest absolute Gasteiger partial charge is 0.478 e. The summed E-state index contributed by atoms with van der Waals surface area (Å²) in [6, 6.07) is 15.4. The van der Waals surface area contributed by atoms with Crippen molar-refractivity contribution in [2.24, 2.45) is 0 Å². The normalized spacial score (nSPS) is 12.2. The topological polar surface area (TPSA) is 63.3 Å². The van der Waals surface area contributed by atoms with Gasteiger partial charge in [0, 0.05) is 26.3 Å². The summed E-state index contributed by atoms with van der Waals surface area (Å²) in [7, 11) is 0. The Labute approximate surface area is 125 Å². The van der Waals surface area contributed by atoms with E-state index in [9.17, 15) is 9.90 Å². The van der Waals surface area contributed by atoms with Crippen LogP contribution in [0.5, 0.6) is 0 Å². The summed E-state index contributed by atoms with van der Waals surface area (Å²) < 4.78 is 0. The summed E-state index contributed by atoms with van der Waals surface area (Å²) in [5.41, 5.74) is 9.00. The van der Waals surface area contributed by atoms with Crippen molar-refractivity contribution >= 4 is 34.2 Å². The van der Waals surface area contributed by atoms with Crippen LogP contribution in [0.15, 0.2) is 58.3 Å². The predicted molar refractivity (Wildman–Crippen MR) is 84.9 cm³/mol. The molecule has 0 bridgehead atoms. The molecule has 3 N–H and O–H groups in total. The van der Waals surface area contributed by atoms with Gasteiger partial charge in [-0.05, 0) is 35.4 Å². The summed E-state index contributed by atoms with van der Waals surface area (Å²) >= 11 is 1.66. The Balaban J connectivity index is 2.21. The molecule has 3 aromatic carbocycles. The zero-order valence-electron chi connectivity index (χ0n) is 11.0. The molecular formula is C17H11NO2S. The van der Waals surface area contributed by atoms with Crippen molar-refractivity contribution in [1.82, 2.24) is 0 Å². The standard InChI is InChI=1S/C17H11NO2S/c18-12-7-8-14-16-10(5-6-11(15(12)16)17(19)20)9-3-1-2-4-13(9)21-14/h1-8H,18H2,(H,19,20). The van der Waals surface area contributed by atoms with E-state index in [2.05, 4.69) is 12.1 Å². The van der Waals surface area contributed by atoms with Crippen LogP contribution in [0.3, 0.4) is 0 Å². The molecule has 0 radical (unpaired) electrons. The predicted octanol–water partition coefficient (Wildman–Crippen LogP) is 4.25. The highest BCUT2D eigenvalue weighted by molar-refractivity contribution is 7.99. The van der Waals surface area contributed by atoms with Crippen LogP contribution < -0.4 is 5.73 Å². The van der Waals surface area contributed by atoms with E-state index in [0.717, 1.165) is 21.4 Å². The Morgan fingerprint density at radius 2 is 1.71 bits per heavy atom. The van der Waals surface area contributed by atoms with Crippen LogP contribution in [0, 0.1) is 0 Å². The molecule has 0 amide bonds. The van der Waals surface area contributed by atoms with Gasteiger partial charge in [-0.25, -0.2) is 4.79 Å². The van der Waals surface area contributed by atoms with Gasteiger partial charge in [0.2, 0.25) is 0 Å². The molecule has 0 spiro atoms. The summed E-state index contributed by atoms with van der Waals surface area (Å²) in [4.78, 5) is 13.7. The van der Waals surface area contributed by atoms with Gasteiger partial charge in [0.15, 0.2) is 0 Å². The van der Waals surface area contributed by atoms with Crippen molar-refractivity contribution in [3.8, 4) is 11.1 Å². The number of aromatic carboxylic acids is 1. The van der Waals surface area contributed by atoms with E-state index >= 15 is 0 Å². The number of carbonyl (C=O) groups is 1. The number of anilines is 1. The quantitative estimate of drug-likeness (QED) is 0.515. The maximum atomic E-state index is 11.5. The van der Waals surface area contributed by atoms with Crippen LogP contribution in [0.2, 0.25) is 0 Å². The number of hydrogen-bond acceptors (Lipinski definition) is 3. The second kappa shape index (κ2) is 4.27. The minimum absolute atomic E-state index is 0.257. The number of benzene rings is 3. The van der Waals surface area contributed by atoms with Gasteiger partial charge in [-0.3, -0.25) is 0 Å². The first-order chi connectivity index (χ1) is 10.2. The first-order valence-electron chi connectivity index (χ1n) is 6.52. The molecule has 1 heterocycles. The highest BCUT2D eigenvalue weighted by atomic mass is 32.2. The van der Waals surface area contributed by atoms with Crippen LogP contribution in [-0.2, 0) is 0 Å². The fourth-order valence-corrected chi connectivity index (χ4v) is 4.00. The van der Waals surface area contributed by atoms with E-state index in [4.69, 9.17) is 5.73 Å². The van der Waals surface area contributed by atoms with Gasteiger partial charge in [-0.15, -0.1) is 0 Å². The number of fused-ring (bicyclic) bond motifs is 2. The Bertz CT molecular complexity index is 918. The lowest BCUT2D eigenvalue weighted by Gasteiger charge is -2.21.